The summed E-state index contributed by atoms with van der Waals surface area (Å²) in [6, 6.07) is 14.2. The van der Waals surface area contributed by atoms with Gasteiger partial charge in [-0.1, -0.05) is 30.3 Å². The van der Waals surface area contributed by atoms with Gasteiger partial charge in [0.1, 0.15) is 11.5 Å². The lowest BCUT2D eigenvalue weighted by Gasteiger charge is -2.15. The van der Waals surface area contributed by atoms with Gasteiger partial charge in [0.15, 0.2) is 6.10 Å². The minimum Gasteiger partial charge on any atom is -0.497 e. The second-order valence-corrected chi connectivity index (χ2v) is 5.39. The summed E-state index contributed by atoms with van der Waals surface area (Å²) in [7, 11) is 3.04. The van der Waals surface area contributed by atoms with Gasteiger partial charge in [-0.2, -0.15) is 0 Å². The zero-order valence-corrected chi connectivity index (χ0v) is 14.4. The Morgan fingerprint density at radius 1 is 1.00 bits per heavy atom. The Balaban J connectivity index is 1.95. The van der Waals surface area contributed by atoms with Crippen LogP contribution in [0.3, 0.4) is 0 Å². The molecule has 0 fully saturated rings. The molecule has 1 N–H and O–H groups in total. The molecule has 0 aliphatic heterocycles. The summed E-state index contributed by atoms with van der Waals surface area (Å²) in [6.07, 6.45) is -0.806. The molecule has 2 aromatic carbocycles. The molecule has 1 amide bonds. The second kappa shape index (κ2) is 8.73. The Morgan fingerprint density at radius 3 is 2.16 bits per heavy atom. The van der Waals surface area contributed by atoms with E-state index in [0.29, 0.717) is 17.2 Å². The molecule has 0 saturated carbocycles. The normalized spacial score (nSPS) is 11.3. The first kappa shape index (κ1) is 18.3. The molecule has 0 aromatic heterocycles. The molecule has 2 rings (SSSR count). The summed E-state index contributed by atoms with van der Waals surface area (Å²) < 4.78 is 15.5. The van der Waals surface area contributed by atoms with Gasteiger partial charge in [0, 0.05) is 23.9 Å². The Labute approximate surface area is 146 Å². The van der Waals surface area contributed by atoms with Crippen LogP contribution >= 0.6 is 0 Å². The second-order valence-electron chi connectivity index (χ2n) is 5.39. The van der Waals surface area contributed by atoms with E-state index in [1.807, 2.05) is 30.3 Å². The fraction of sp³-hybridized carbons (Fsp3) is 0.263. The minimum atomic E-state index is -0.923. The van der Waals surface area contributed by atoms with Crippen LogP contribution in [-0.2, 0) is 20.7 Å². The molecular weight excluding hydrogens is 322 g/mol. The molecule has 6 heteroatoms. The van der Waals surface area contributed by atoms with E-state index in [1.165, 1.54) is 21.1 Å². The number of methoxy groups -OCH3 is 2. The van der Waals surface area contributed by atoms with E-state index in [9.17, 15) is 9.59 Å². The largest absolute Gasteiger partial charge is 0.497 e. The molecule has 6 nitrogen and oxygen atoms in total. The standard InChI is InChI=1S/C19H21NO5/c1-13(25-18(21)9-14-7-5-4-6-8-14)19(22)20-15-10-16(23-2)12-17(11-15)24-3/h4-8,10-13H,9H2,1-3H3,(H,20,22)/t13-/m0/s1. The highest BCUT2D eigenvalue weighted by molar-refractivity contribution is 5.95. The molecule has 132 valence electrons. The van der Waals surface area contributed by atoms with Crippen LogP contribution in [0.2, 0.25) is 0 Å². The monoisotopic (exact) mass is 343 g/mol. The van der Waals surface area contributed by atoms with E-state index in [0.717, 1.165) is 5.56 Å². The Hall–Kier alpha value is -3.02. The quantitative estimate of drug-likeness (QED) is 0.783. The molecule has 0 aliphatic rings. The number of carbonyl (C=O) groups excluding carboxylic acids is 2. The SMILES string of the molecule is COc1cc(NC(=O)[C@H](C)OC(=O)Cc2ccccc2)cc(OC)c1. The molecule has 0 spiro atoms. The van der Waals surface area contributed by atoms with Crippen LogP contribution in [0.25, 0.3) is 0 Å². The molecule has 0 unspecified atom stereocenters. The van der Waals surface area contributed by atoms with Crippen LogP contribution in [0.4, 0.5) is 5.69 Å². The third-order valence-electron chi connectivity index (χ3n) is 3.49. The summed E-state index contributed by atoms with van der Waals surface area (Å²) in [5, 5.41) is 2.68. The number of carbonyl (C=O) groups is 2. The zero-order chi connectivity index (χ0) is 18.2. The van der Waals surface area contributed by atoms with E-state index >= 15 is 0 Å². The maximum Gasteiger partial charge on any atom is 0.311 e. The lowest BCUT2D eigenvalue weighted by molar-refractivity contribution is -0.152. The topological polar surface area (TPSA) is 73.9 Å². The average molecular weight is 343 g/mol. The van der Waals surface area contributed by atoms with E-state index in [-0.39, 0.29) is 6.42 Å². The van der Waals surface area contributed by atoms with Gasteiger partial charge in [-0.25, -0.2) is 0 Å². The molecule has 0 bridgehead atoms. The van der Waals surface area contributed by atoms with Crippen molar-refractivity contribution in [1.29, 1.82) is 0 Å². The van der Waals surface area contributed by atoms with E-state index < -0.39 is 18.0 Å². The van der Waals surface area contributed by atoms with Crippen molar-refractivity contribution in [2.75, 3.05) is 19.5 Å². The van der Waals surface area contributed by atoms with Crippen molar-refractivity contribution >= 4 is 17.6 Å². The van der Waals surface area contributed by atoms with E-state index in [4.69, 9.17) is 14.2 Å². The smallest absolute Gasteiger partial charge is 0.311 e. The van der Waals surface area contributed by atoms with Crippen LogP contribution in [-0.4, -0.2) is 32.2 Å². The van der Waals surface area contributed by atoms with Gasteiger partial charge in [-0.15, -0.1) is 0 Å². The maximum atomic E-state index is 12.2. The van der Waals surface area contributed by atoms with Crippen molar-refractivity contribution < 1.29 is 23.8 Å². The van der Waals surface area contributed by atoms with Crippen molar-refractivity contribution in [2.45, 2.75) is 19.4 Å². The van der Waals surface area contributed by atoms with Gasteiger partial charge in [0.25, 0.3) is 5.91 Å². The van der Waals surface area contributed by atoms with E-state index in [2.05, 4.69) is 5.32 Å². The van der Waals surface area contributed by atoms with Gasteiger partial charge in [0.05, 0.1) is 20.6 Å². The number of hydrogen-bond donors (Lipinski definition) is 1. The highest BCUT2D eigenvalue weighted by Gasteiger charge is 2.18. The minimum absolute atomic E-state index is 0.117. The first-order valence-corrected chi connectivity index (χ1v) is 7.79. The fourth-order valence-electron chi connectivity index (χ4n) is 2.18. The van der Waals surface area contributed by atoms with Gasteiger partial charge in [-0.05, 0) is 12.5 Å². The maximum absolute atomic E-state index is 12.2. The molecule has 0 aliphatic carbocycles. The number of nitrogens with one attached hydrogen (secondary N) is 1. The summed E-state index contributed by atoms with van der Waals surface area (Å²) in [5.41, 5.74) is 1.32. The average Bonchev–Trinajstić information content (AvgIpc) is 2.61. The van der Waals surface area contributed by atoms with Gasteiger partial charge in [0.2, 0.25) is 0 Å². The van der Waals surface area contributed by atoms with E-state index in [1.54, 1.807) is 18.2 Å². The van der Waals surface area contributed by atoms with Gasteiger partial charge in [-0.3, -0.25) is 9.59 Å². The Kier molecular flexibility index (Phi) is 6.39. The van der Waals surface area contributed by atoms with Crippen LogP contribution in [0.1, 0.15) is 12.5 Å². The molecule has 25 heavy (non-hydrogen) atoms. The molecule has 0 heterocycles. The Bertz CT molecular complexity index is 708. The highest BCUT2D eigenvalue weighted by Crippen LogP contribution is 2.25. The number of ether oxygens (including phenoxy) is 3. The Morgan fingerprint density at radius 2 is 1.60 bits per heavy atom. The van der Waals surface area contributed by atoms with Gasteiger partial charge >= 0.3 is 5.97 Å². The summed E-state index contributed by atoms with van der Waals surface area (Å²) >= 11 is 0. The molecule has 0 radical (unpaired) electrons. The first-order chi connectivity index (χ1) is 12.0. The third kappa shape index (κ3) is 5.53. The number of anilines is 1. The number of amides is 1. The summed E-state index contributed by atoms with van der Waals surface area (Å²) in [6.45, 7) is 1.52. The lowest BCUT2D eigenvalue weighted by Crippen LogP contribution is -2.30. The number of benzene rings is 2. The predicted octanol–water partition coefficient (Wildman–Crippen LogP) is 2.82. The zero-order valence-electron chi connectivity index (χ0n) is 14.4. The van der Waals surface area contributed by atoms with Crippen LogP contribution in [0.15, 0.2) is 48.5 Å². The van der Waals surface area contributed by atoms with Crippen molar-refractivity contribution in [1.82, 2.24) is 0 Å². The number of hydrogen-bond acceptors (Lipinski definition) is 5. The fourth-order valence-corrected chi connectivity index (χ4v) is 2.18. The molecule has 1 atom stereocenters. The number of rotatable bonds is 7. The van der Waals surface area contributed by atoms with Crippen LogP contribution in [0.5, 0.6) is 11.5 Å². The number of esters is 1. The van der Waals surface area contributed by atoms with Crippen molar-refractivity contribution in [2.24, 2.45) is 0 Å². The highest BCUT2D eigenvalue weighted by atomic mass is 16.5. The third-order valence-corrected chi connectivity index (χ3v) is 3.49. The van der Waals surface area contributed by atoms with Crippen molar-refractivity contribution in [3.05, 3.63) is 54.1 Å². The predicted molar refractivity (Wildman–Crippen MR) is 93.9 cm³/mol. The molecule has 2 aromatic rings. The van der Waals surface area contributed by atoms with Gasteiger partial charge < -0.3 is 19.5 Å². The summed E-state index contributed by atoms with van der Waals surface area (Å²) in [5.74, 6) is 0.195. The van der Waals surface area contributed by atoms with Crippen LogP contribution in [0, 0.1) is 0 Å². The van der Waals surface area contributed by atoms with Crippen LogP contribution < -0.4 is 14.8 Å². The van der Waals surface area contributed by atoms with Crippen molar-refractivity contribution in [3.63, 3.8) is 0 Å². The van der Waals surface area contributed by atoms with Crippen molar-refractivity contribution in [3.8, 4) is 11.5 Å². The molecule has 0 saturated heterocycles. The summed E-state index contributed by atoms with van der Waals surface area (Å²) in [4.78, 5) is 24.2. The first-order valence-electron chi connectivity index (χ1n) is 7.79. The lowest BCUT2D eigenvalue weighted by atomic mass is 10.1. The molecular formula is C19H21NO5.